The van der Waals surface area contributed by atoms with Gasteiger partial charge in [0.2, 0.25) is 0 Å². The monoisotopic (exact) mass is 224 g/mol. The Kier molecular flexibility index (Phi) is 4.26. The Morgan fingerprint density at radius 2 is 1.75 bits per heavy atom. The van der Waals surface area contributed by atoms with Crippen LogP contribution in [0.4, 0.5) is 0 Å². The van der Waals surface area contributed by atoms with E-state index in [0.29, 0.717) is 5.54 Å². The van der Waals surface area contributed by atoms with Crippen molar-refractivity contribution in [2.45, 2.75) is 63.8 Å². The number of hydrogen-bond acceptors (Lipinski definition) is 2. The van der Waals surface area contributed by atoms with Crippen LogP contribution in [0.15, 0.2) is 0 Å². The largest absolute Gasteiger partial charge is 0.329 e. The van der Waals surface area contributed by atoms with Crippen LogP contribution in [0.5, 0.6) is 0 Å². The highest BCUT2D eigenvalue weighted by molar-refractivity contribution is 4.94. The van der Waals surface area contributed by atoms with E-state index >= 15 is 0 Å². The van der Waals surface area contributed by atoms with E-state index in [9.17, 15) is 0 Å². The fourth-order valence-electron chi connectivity index (χ4n) is 3.31. The molecule has 2 heteroatoms. The Morgan fingerprint density at radius 1 is 1.12 bits per heavy atom. The molecule has 0 heterocycles. The number of hydrogen-bond donors (Lipinski definition) is 1. The van der Waals surface area contributed by atoms with Crippen LogP contribution in [0.2, 0.25) is 0 Å². The molecule has 0 spiro atoms. The second-order valence-electron chi connectivity index (χ2n) is 5.82. The third-order valence-corrected chi connectivity index (χ3v) is 4.64. The summed E-state index contributed by atoms with van der Waals surface area (Å²) in [6.07, 6.45) is 11.2. The summed E-state index contributed by atoms with van der Waals surface area (Å²) in [4.78, 5) is 2.72. The Hall–Kier alpha value is -0.0800. The van der Waals surface area contributed by atoms with Crippen molar-refractivity contribution in [2.75, 3.05) is 19.6 Å². The smallest absolute Gasteiger partial charge is 0.0331 e. The lowest BCUT2D eigenvalue weighted by molar-refractivity contribution is 0.0784. The molecule has 0 unspecified atom stereocenters. The van der Waals surface area contributed by atoms with E-state index in [1.165, 1.54) is 64.5 Å². The summed E-state index contributed by atoms with van der Waals surface area (Å²) in [6.45, 7) is 5.68. The third-order valence-electron chi connectivity index (χ3n) is 4.64. The molecule has 2 aliphatic rings. The van der Waals surface area contributed by atoms with Gasteiger partial charge in [-0.15, -0.1) is 0 Å². The highest BCUT2D eigenvalue weighted by atomic mass is 15.2. The van der Waals surface area contributed by atoms with Crippen LogP contribution in [0, 0.1) is 5.92 Å². The second-order valence-corrected chi connectivity index (χ2v) is 5.82. The van der Waals surface area contributed by atoms with Crippen LogP contribution < -0.4 is 5.73 Å². The van der Waals surface area contributed by atoms with E-state index in [1.54, 1.807) is 0 Å². The Labute approximate surface area is 101 Å². The topological polar surface area (TPSA) is 29.3 Å². The zero-order valence-electron chi connectivity index (χ0n) is 10.9. The van der Waals surface area contributed by atoms with Gasteiger partial charge in [-0.3, -0.25) is 4.90 Å². The van der Waals surface area contributed by atoms with E-state index in [-0.39, 0.29) is 0 Å². The predicted molar refractivity (Wildman–Crippen MR) is 69.5 cm³/mol. The molecule has 2 N–H and O–H groups in total. The summed E-state index contributed by atoms with van der Waals surface area (Å²) in [5, 5.41) is 0. The van der Waals surface area contributed by atoms with Gasteiger partial charge in [-0.25, -0.2) is 0 Å². The van der Waals surface area contributed by atoms with Gasteiger partial charge in [-0.05, 0) is 38.1 Å². The van der Waals surface area contributed by atoms with E-state index in [0.717, 1.165) is 12.5 Å². The van der Waals surface area contributed by atoms with Crippen LogP contribution in [0.3, 0.4) is 0 Å². The van der Waals surface area contributed by atoms with Crippen LogP contribution >= 0.6 is 0 Å². The van der Waals surface area contributed by atoms with Crippen LogP contribution in [0.25, 0.3) is 0 Å². The van der Waals surface area contributed by atoms with Gasteiger partial charge in [0, 0.05) is 18.6 Å². The van der Waals surface area contributed by atoms with Crippen molar-refractivity contribution in [2.24, 2.45) is 11.7 Å². The maximum absolute atomic E-state index is 6.14. The molecule has 0 radical (unpaired) electrons. The average molecular weight is 224 g/mol. The Balaban J connectivity index is 2.02. The summed E-state index contributed by atoms with van der Waals surface area (Å²) in [5.41, 5.74) is 6.49. The quantitative estimate of drug-likeness (QED) is 0.728. The first-order valence-corrected chi connectivity index (χ1v) is 7.26. The van der Waals surface area contributed by atoms with Crippen molar-refractivity contribution in [3.63, 3.8) is 0 Å². The number of nitrogens with zero attached hydrogens (tertiary/aromatic N) is 1. The first-order chi connectivity index (χ1) is 7.80. The molecular weight excluding hydrogens is 196 g/mol. The van der Waals surface area contributed by atoms with Crippen LogP contribution in [-0.4, -0.2) is 30.1 Å². The molecule has 2 aliphatic carbocycles. The standard InChI is InChI=1S/C14H28N2/c1-2-16(11-13-7-8-13)14(12-15)9-5-3-4-6-10-14/h13H,2-12,15H2,1H3. The van der Waals surface area contributed by atoms with Gasteiger partial charge in [0.25, 0.3) is 0 Å². The van der Waals surface area contributed by atoms with Gasteiger partial charge in [0.15, 0.2) is 0 Å². The molecular formula is C14H28N2. The van der Waals surface area contributed by atoms with Crippen molar-refractivity contribution >= 4 is 0 Å². The summed E-state index contributed by atoms with van der Waals surface area (Å²) in [7, 11) is 0. The van der Waals surface area contributed by atoms with Gasteiger partial charge in [-0.2, -0.15) is 0 Å². The third kappa shape index (κ3) is 2.78. The molecule has 0 bridgehead atoms. The van der Waals surface area contributed by atoms with Crippen molar-refractivity contribution in [3.8, 4) is 0 Å². The lowest BCUT2D eigenvalue weighted by atomic mass is 9.87. The number of rotatable bonds is 5. The van der Waals surface area contributed by atoms with Crippen molar-refractivity contribution < 1.29 is 0 Å². The summed E-state index contributed by atoms with van der Waals surface area (Å²) < 4.78 is 0. The average Bonchev–Trinajstić information content (AvgIpc) is 3.13. The zero-order valence-corrected chi connectivity index (χ0v) is 10.9. The van der Waals surface area contributed by atoms with Gasteiger partial charge >= 0.3 is 0 Å². The zero-order chi connectivity index (χ0) is 11.4. The lowest BCUT2D eigenvalue weighted by Crippen LogP contribution is -2.54. The normalized spacial score (nSPS) is 25.7. The van der Waals surface area contributed by atoms with Gasteiger partial charge in [0.1, 0.15) is 0 Å². The molecule has 0 aromatic heterocycles. The number of likely N-dealkylation sites (N-methyl/N-ethyl adjacent to an activating group) is 1. The second kappa shape index (κ2) is 5.50. The van der Waals surface area contributed by atoms with Crippen molar-refractivity contribution in [3.05, 3.63) is 0 Å². The molecule has 94 valence electrons. The summed E-state index contributed by atoms with van der Waals surface area (Å²) >= 11 is 0. The molecule has 2 nitrogen and oxygen atoms in total. The maximum atomic E-state index is 6.14. The van der Waals surface area contributed by atoms with E-state index in [2.05, 4.69) is 11.8 Å². The van der Waals surface area contributed by atoms with Crippen LogP contribution in [-0.2, 0) is 0 Å². The minimum atomic E-state index is 0.355. The summed E-state index contributed by atoms with van der Waals surface area (Å²) in [5.74, 6) is 0.992. The maximum Gasteiger partial charge on any atom is 0.0331 e. The molecule has 0 aromatic rings. The number of nitrogens with two attached hydrogens (primary N) is 1. The van der Waals surface area contributed by atoms with Gasteiger partial charge in [0.05, 0.1) is 0 Å². The van der Waals surface area contributed by atoms with E-state index in [4.69, 9.17) is 5.73 Å². The van der Waals surface area contributed by atoms with Crippen molar-refractivity contribution in [1.82, 2.24) is 4.90 Å². The highest BCUT2D eigenvalue weighted by Crippen LogP contribution is 2.36. The van der Waals surface area contributed by atoms with Gasteiger partial charge < -0.3 is 5.73 Å². The van der Waals surface area contributed by atoms with Crippen molar-refractivity contribution in [1.29, 1.82) is 0 Å². The fourth-order valence-corrected chi connectivity index (χ4v) is 3.31. The van der Waals surface area contributed by atoms with Gasteiger partial charge in [-0.1, -0.05) is 32.6 Å². The highest BCUT2D eigenvalue weighted by Gasteiger charge is 2.37. The molecule has 2 saturated carbocycles. The summed E-state index contributed by atoms with van der Waals surface area (Å²) in [6, 6.07) is 0. The minimum absolute atomic E-state index is 0.355. The molecule has 2 fully saturated rings. The Bertz CT molecular complexity index is 203. The predicted octanol–water partition coefficient (Wildman–Crippen LogP) is 2.77. The molecule has 0 saturated heterocycles. The molecule has 0 atom stereocenters. The molecule has 2 rings (SSSR count). The molecule has 0 aliphatic heterocycles. The minimum Gasteiger partial charge on any atom is -0.329 e. The van der Waals surface area contributed by atoms with E-state index in [1.807, 2.05) is 0 Å². The molecule has 0 amide bonds. The van der Waals surface area contributed by atoms with Crippen LogP contribution in [0.1, 0.15) is 58.3 Å². The first kappa shape index (κ1) is 12.4. The Morgan fingerprint density at radius 3 is 2.19 bits per heavy atom. The first-order valence-electron chi connectivity index (χ1n) is 7.26. The SMILES string of the molecule is CCN(CC1CC1)C1(CN)CCCCCC1. The molecule has 0 aromatic carbocycles. The fraction of sp³-hybridized carbons (Fsp3) is 1.00. The van der Waals surface area contributed by atoms with E-state index < -0.39 is 0 Å². The lowest BCUT2D eigenvalue weighted by Gasteiger charge is -2.43. The molecule has 16 heavy (non-hydrogen) atoms.